The first-order chi connectivity index (χ1) is 9.24. The maximum Gasteiger partial charge on any atom is 0.251 e. The number of hydrogen-bond donors (Lipinski definition) is 1. The van der Waals surface area contributed by atoms with Crippen molar-refractivity contribution < 1.29 is 9.53 Å². The van der Waals surface area contributed by atoms with Gasteiger partial charge in [0.1, 0.15) is 6.10 Å². The van der Waals surface area contributed by atoms with E-state index >= 15 is 0 Å². The summed E-state index contributed by atoms with van der Waals surface area (Å²) in [6, 6.07) is 0. The Balaban J connectivity index is 1.73. The third-order valence-electron chi connectivity index (χ3n) is 4.57. The van der Waals surface area contributed by atoms with Crippen LogP contribution in [0.2, 0.25) is 0 Å². The molecule has 2 unspecified atom stereocenters. The summed E-state index contributed by atoms with van der Waals surface area (Å²) in [5.41, 5.74) is 0. The zero-order chi connectivity index (χ0) is 13.7. The molecule has 19 heavy (non-hydrogen) atoms. The minimum absolute atomic E-state index is 0.154. The first kappa shape index (κ1) is 14.8. The molecule has 110 valence electrons. The Bertz CT molecular complexity index is 288. The average molecular weight is 268 g/mol. The Hall–Kier alpha value is -0.610. The molecule has 2 aliphatic heterocycles. The molecule has 0 aliphatic carbocycles. The van der Waals surface area contributed by atoms with Crippen molar-refractivity contribution in [2.75, 3.05) is 26.7 Å². The Morgan fingerprint density at radius 2 is 2.00 bits per heavy atom. The van der Waals surface area contributed by atoms with E-state index in [1.54, 1.807) is 0 Å². The molecule has 4 heteroatoms. The van der Waals surface area contributed by atoms with Crippen molar-refractivity contribution in [3.63, 3.8) is 0 Å². The fourth-order valence-electron chi connectivity index (χ4n) is 3.18. The third kappa shape index (κ3) is 3.93. The number of amides is 1. The van der Waals surface area contributed by atoms with E-state index in [1.807, 2.05) is 11.9 Å². The van der Waals surface area contributed by atoms with Crippen molar-refractivity contribution in [3.05, 3.63) is 0 Å². The number of hydrogen-bond acceptors (Lipinski definition) is 3. The summed E-state index contributed by atoms with van der Waals surface area (Å²) in [7, 11) is 2.00. The van der Waals surface area contributed by atoms with Gasteiger partial charge in [0.05, 0.1) is 6.10 Å². The van der Waals surface area contributed by atoms with Crippen LogP contribution >= 0.6 is 0 Å². The molecular formula is C15H28N2O2. The molecule has 2 aliphatic rings. The van der Waals surface area contributed by atoms with Gasteiger partial charge in [-0.05, 0) is 58.0 Å². The molecule has 0 spiro atoms. The predicted molar refractivity (Wildman–Crippen MR) is 76.0 cm³/mol. The highest BCUT2D eigenvalue weighted by Gasteiger charge is 2.34. The molecule has 2 saturated heterocycles. The molecule has 2 fully saturated rings. The smallest absolute Gasteiger partial charge is 0.251 e. The van der Waals surface area contributed by atoms with Crippen LogP contribution in [0, 0.1) is 5.92 Å². The highest BCUT2D eigenvalue weighted by Crippen LogP contribution is 2.26. The SMILES string of the molecule is CCC1CCC(C(=O)N2CCC(CCNC)CC2)O1. The average Bonchev–Trinajstić information content (AvgIpc) is 2.94. The number of nitrogens with one attached hydrogen (secondary N) is 1. The molecule has 2 heterocycles. The van der Waals surface area contributed by atoms with Gasteiger partial charge in [0.2, 0.25) is 0 Å². The lowest BCUT2D eigenvalue weighted by Gasteiger charge is -2.33. The van der Waals surface area contributed by atoms with Gasteiger partial charge in [-0.25, -0.2) is 0 Å². The summed E-state index contributed by atoms with van der Waals surface area (Å²) in [6.07, 6.45) is 6.67. The Labute approximate surface area is 116 Å². The number of carbonyl (C=O) groups excluding carboxylic acids is 1. The first-order valence-corrected chi connectivity index (χ1v) is 7.83. The normalized spacial score (nSPS) is 28.8. The van der Waals surface area contributed by atoms with Gasteiger partial charge in [-0.3, -0.25) is 4.79 Å². The van der Waals surface area contributed by atoms with Gasteiger partial charge in [-0.15, -0.1) is 0 Å². The molecule has 0 saturated carbocycles. The molecule has 1 amide bonds. The predicted octanol–water partition coefficient (Wildman–Crippen LogP) is 1.79. The number of nitrogens with zero attached hydrogens (tertiary/aromatic N) is 1. The van der Waals surface area contributed by atoms with Crippen molar-refractivity contribution in [2.45, 2.75) is 57.7 Å². The van der Waals surface area contributed by atoms with E-state index in [-0.39, 0.29) is 12.0 Å². The first-order valence-electron chi connectivity index (χ1n) is 7.83. The molecule has 0 aromatic carbocycles. The van der Waals surface area contributed by atoms with Crippen molar-refractivity contribution in [3.8, 4) is 0 Å². The zero-order valence-corrected chi connectivity index (χ0v) is 12.4. The van der Waals surface area contributed by atoms with Gasteiger partial charge >= 0.3 is 0 Å². The van der Waals surface area contributed by atoms with Gasteiger partial charge < -0.3 is 15.0 Å². The topological polar surface area (TPSA) is 41.6 Å². The monoisotopic (exact) mass is 268 g/mol. The van der Waals surface area contributed by atoms with Crippen LogP contribution in [0.25, 0.3) is 0 Å². The van der Waals surface area contributed by atoms with E-state index in [1.165, 1.54) is 6.42 Å². The van der Waals surface area contributed by atoms with E-state index < -0.39 is 0 Å². The lowest BCUT2D eigenvalue weighted by Crippen LogP contribution is -2.44. The minimum atomic E-state index is -0.154. The fourth-order valence-corrected chi connectivity index (χ4v) is 3.18. The lowest BCUT2D eigenvalue weighted by atomic mass is 9.93. The largest absolute Gasteiger partial charge is 0.365 e. The quantitative estimate of drug-likeness (QED) is 0.826. The molecular weight excluding hydrogens is 240 g/mol. The summed E-state index contributed by atoms with van der Waals surface area (Å²) in [4.78, 5) is 14.4. The van der Waals surface area contributed by atoms with Gasteiger partial charge in [-0.2, -0.15) is 0 Å². The lowest BCUT2D eigenvalue weighted by molar-refractivity contribution is -0.144. The van der Waals surface area contributed by atoms with E-state index in [0.717, 1.165) is 57.7 Å². The highest BCUT2D eigenvalue weighted by molar-refractivity contribution is 5.81. The van der Waals surface area contributed by atoms with Crippen LogP contribution in [0.3, 0.4) is 0 Å². The van der Waals surface area contributed by atoms with Crippen molar-refractivity contribution in [1.29, 1.82) is 0 Å². The van der Waals surface area contributed by atoms with Crippen LogP contribution in [0.5, 0.6) is 0 Å². The summed E-state index contributed by atoms with van der Waals surface area (Å²) in [5.74, 6) is 1.02. The van der Waals surface area contributed by atoms with Gasteiger partial charge in [0.25, 0.3) is 5.91 Å². The molecule has 0 bridgehead atoms. The molecule has 1 N–H and O–H groups in total. The van der Waals surface area contributed by atoms with E-state index in [2.05, 4.69) is 12.2 Å². The Morgan fingerprint density at radius 3 is 2.58 bits per heavy atom. The molecule has 4 nitrogen and oxygen atoms in total. The van der Waals surface area contributed by atoms with Crippen LogP contribution in [0.4, 0.5) is 0 Å². The number of piperidine rings is 1. The second-order valence-corrected chi connectivity index (χ2v) is 5.89. The summed E-state index contributed by atoms with van der Waals surface area (Å²) in [5, 5.41) is 3.20. The maximum atomic E-state index is 12.4. The standard InChI is InChI=1S/C15H28N2O2/c1-3-13-4-5-14(19-13)15(18)17-10-7-12(8-11-17)6-9-16-2/h12-14,16H,3-11H2,1-2H3. The summed E-state index contributed by atoms with van der Waals surface area (Å²) in [6.45, 7) is 5.06. The van der Waals surface area contributed by atoms with Crippen molar-refractivity contribution >= 4 is 5.91 Å². The molecule has 2 rings (SSSR count). The van der Waals surface area contributed by atoms with E-state index in [0.29, 0.717) is 6.10 Å². The Morgan fingerprint density at radius 1 is 1.26 bits per heavy atom. The number of carbonyl (C=O) groups is 1. The van der Waals surface area contributed by atoms with Gasteiger partial charge in [0.15, 0.2) is 0 Å². The van der Waals surface area contributed by atoms with Crippen LogP contribution in [-0.2, 0) is 9.53 Å². The molecule has 0 radical (unpaired) electrons. The van der Waals surface area contributed by atoms with Gasteiger partial charge in [-0.1, -0.05) is 6.92 Å². The fraction of sp³-hybridized carbons (Fsp3) is 0.933. The number of rotatable bonds is 5. The van der Waals surface area contributed by atoms with Crippen LogP contribution < -0.4 is 5.32 Å². The van der Waals surface area contributed by atoms with E-state index in [4.69, 9.17) is 4.74 Å². The minimum Gasteiger partial charge on any atom is -0.365 e. The van der Waals surface area contributed by atoms with Crippen LogP contribution in [0.1, 0.15) is 45.4 Å². The third-order valence-corrected chi connectivity index (χ3v) is 4.57. The zero-order valence-electron chi connectivity index (χ0n) is 12.4. The van der Waals surface area contributed by atoms with E-state index in [9.17, 15) is 4.79 Å². The molecule has 2 atom stereocenters. The van der Waals surface area contributed by atoms with Crippen molar-refractivity contribution in [1.82, 2.24) is 10.2 Å². The second-order valence-electron chi connectivity index (χ2n) is 5.89. The summed E-state index contributed by atoms with van der Waals surface area (Å²) < 4.78 is 5.82. The van der Waals surface area contributed by atoms with Gasteiger partial charge in [0, 0.05) is 13.1 Å². The molecule has 0 aromatic heterocycles. The second kappa shape index (κ2) is 7.25. The van der Waals surface area contributed by atoms with Crippen molar-refractivity contribution in [2.24, 2.45) is 5.92 Å². The highest BCUT2D eigenvalue weighted by atomic mass is 16.5. The Kier molecular flexibility index (Phi) is 5.64. The molecule has 0 aromatic rings. The summed E-state index contributed by atoms with van der Waals surface area (Å²) >= 11 is 0. The number of likely N-dealkylation sites (tertiary alicyclic amines) is 1. The van der Waals surface area contributed by atoms with Crippen LogP contribution in [0.15, 0.2) is 0 Å². The number of ether oxygens (including phenoxy) is 1. The van der Waals surface area contributed by atoms with Crippen LogP contribution in [-0.4, -0.2) is 49.7 Å². The maximum absolute atomic E-state index is 12.4.